The van der Waals surface area contributed by atoms with E-state index in [1.165, 1.54) is 0 Å². The Morgan fingerprint density at radius 1 is 0.875 bits per heavy atom. The first-order valence-corrected chi connectivity index (χ1v) is 8.27. The molecule has 2 aromatic carbocycles. The third kappa shape index (κ3) is 4.75. The lowest BCUT2D eigenvalue weighted by Crippen LogP contribution is -2.40. The van der Waals surface area contributed by atoms with Crippen LogP contribution in [0.5, 0.6) is 5.75 Å². The van der Waals surface area contributed by atoms with E-state index in [1.807, 2.05) is 61.5 Å². The number of carbonyl (C=O) groups excluding carboxylic acids is 1. The largest absolute Gasteiger partial charge is 0.497 e. The molecule has 0 aliphatic rings. The zero-order valence-corrected chi connectivity index (χ0v) is 14.7. The summed E-state index contributed by atoms with van der Waals surface area (Å²) >= 11 is 0. The number of nitrogens with one attached hydrogen (secondary N) is 2. The van der Waals surface area contributed by atoms with Crippen LogP contribution in [-0.2, 0) is 0 Å². The standard InChI is InChI=1S/C20H26N2O2/c1-14(2)19(17-10-12-18(24-4)13-11-17)22-20(23)21-15(3)16-8-6-5-7-9-16/h5-15,19H,1-4H3,(H2,21,22,23). The quantitative estimate of drug-likeness (QED) is 0.824. The van der Waals surface area contributed by atoms with Crippen LogP contribution < -0.4 is 15.4 Å². The highest BCUT2D eigenvalue weighted by Gasteiger charge is 2.19. The van der Waals surface area contributed by atoms with Gasteiger partial charge in [-0.25, -0.2) is 4.79 Å². The predicted octanol–water partition coefficient (Wildman–Crippen LogP) is 4.45. The van der Waals surface area contributed by atoms with Gasteiger partial charge in [0, 0.05) is 0 Å². The van der Waals surface area contributed by atoms with Crippen molar-refractivity contribution in [2.24, 2.45) is 5.92 Å². The molecule has 0 spiro atoms. The molecular formula is C20H26N2O2. The van der Waals surface area contributed by atoms with Gasteiger partial charge in [-0.2, -0.15) is 0 Å². The third-order valence-electron chi connectivity index (χ3n) is 4.08. The minimum atomic E-state index is -0.166. The van der Waals surface area contributed by atoms with Crippen LogP contribution >= 0.6 is 0 Å². The molecule has 2 unspecified atom stereocenters. The van der Waals surface area contributed by atoms with E-state index >= 15 is 0 Å². The monoisotopic (exact) mass is 326 g/mol. The number of amides is 2. The van der Waals surface area contributed by atoms with Crippen molar-refractivity contribution in [3.05, 3.63) is 65.7 Å². The van der Waals surface area contributed by atoms with Crippen LogP contribution in [0.3, 0.4) is 0 Å². The van der Waals surface area contributed by atoms with Gasteiger partial charge < -0.3 is 15.4 Å². The van der Waals surface area contributed by atoms with Gasteiger partial charge in [-0.1, -0.05) is 56.3 Å². The fraction of sp³-hybridized carbons (Fsp3) is 0.350. The van der Waals surface area contributed by atoms with Crippen LogP contribution in [0.25, 0.3) is 0 Å². The molecule has 0 aliphatic carbocycles. The average Bonchev–Trinajstić information content (AvgIpc) is 2.60. The van der Waals surface area contributed by atoms with E-state index in [4.69, 9.17) is 4.74 Å². The molecule has 0 fully saturated rings. The number of ether oxygens (including phenoxy) is 1. The molecule has 0 heterocycles. The number of carbonyl (C=O) groups is 1. The van der Waals surface area contributed by atoms with Crippen molar-refractivity contribution in [3.63, 3.8) is 0 Å². The normalized spacial score (nSPS) is 13.2. The van der Waals surface area contributed by atoms with Crippen LogP contribution in [0.1, 0.15) is 44.0 Å². The van der Waals surface area contributed by atoms with E-state index in [-0.39, 0.29) is 24.0 Å². The first-order chi connectivity index (χ1) is 11.5. The fourth-order valence-electron chi connectivity index (χ4n) is 2.65. The lowest BCUT2D eigenvalue weighted by atomic mass is 9.96. The average molecular weight is 326 g/mol. The van der Waals surface area contributed by atoms with Gasteiger partial charge in [0.2, 0.25) is 0 Å². The van der Waals surface area contributed by atoms with Crippen molar-refractivity contribution in [3.8, 4) is 5.75 Å². The second kappa shape index (κ2) is 8.39. The summed E-state index contributed by atoms with van der Waals surface area (Å²) in [6.07, 6.45) is 0. The van der Waals surface area contributed by atoms with E-state index in [2.05, 4.69) is 24.5 Å². The minimum Gasteiger partial charge on any atom is -0.497 e. The van der Waals surface area contributed by atoms with E-state index < -0.39 is 0 Å². The summed E-state index contributed by atoms with van der Waals surface area (Å²) in [4.78, 5) is 12.4. The van der Waals surface area contributed by atoms with E-state index in [0.29, 0.717) is 0 Å². The van der Waals surface area contributed by atoms with Gasteiger partial charge in [-0.15, -0.1) is 0 Å². The molecule has 0 aliphatic heterocycles. The van der Waals surface area contributed by atoms with Gasteiger partial charge in [0.05, 0.1) is 19.2 Å². The molecule has 0 saturated carbocycles. The van der Waals surface area contributed by atoms with Crippen molar-refractivity contribution in [1.82, 2.24) is 10.6 Å². The molecule has 2 aromatic rings. The maximum absolute atomic E-state index is 12.4. The lowest BCUT2D eigenvalue weighted by Gasteiger charge is -2.24. The summed E-state index contributed by atoms with van der Waals surface area (Å²) in [5.74, 6) is 1.08. The number of hydrogen-bond donors (Lipinski definition) is 2. The molecule has 128 valence electrons. The van der Waals surface area contributed by atoms with Crippen LogP contribution in [0.4, 0.5) is 4.79 Å². The topological polar surface area (TPSA) is 50.4 Å². The van der Waals surface area contributed by atoms with Crippen molar-refractivity contribution in [2.75, 3.05) is 7.11 Å². The Morgan fingerprint density at radius 2 is 1.50 bits per heavy atom. The van der Waals surface area contributed by atoms with Crippen LogP contribution in [0, 0.1) is 5.92 Å². The van der Waals surface area contributed by atoms with Crippen molar-refractivity contribution in [2.45, 2.75) is 32.9 Å². The van der Waals surface area contributed by atoms with Crippen LogP contribution in [0.2, 0.25) is 0 Å². The Balaban J connectivity index is 2.02. The van der Waals surface area contributed by atoms with Gasteiger partial charge in [0.1, 0.15) is 5.75 Å². The molecule has 0 radical (unpaired) electrons. The number of hydrogen-bond acceptors (Lipinski definition) is 2. The van der Waals surface area contributed by atoms with E-state index in [0.717, 1.165) is 16.9 Å². The van der Waals surface area contributed by atoms with Gasteiger partial charge >= 0.3 is 6.03 Å². The molecular weight excluding hydrogens is 300 g/mol. The third-order valence-corrected chi connectivity index (χ3v) is 4.08. The molecule has 4 heteroatoms. The summed E-state index contributed by atoms with van der Waals surface area (Å²) in [5.41, 5.74) is 2.14. The first-order valence-electron chi connectivity index (χ1n) is 8.27. The Kier molecular flexibility index (Phi) is 6.24. The fourth-order valence-corrected chi connectivity index (χ4v) is 2.65. The van der Waals surface area contributed by atoms with Crippen LogP contribution in [0.15, 0.2) is 54.6 Å². The maximum Gasteiger partial charge on any atom is 0.315 e. The zero-order valence-electron chi connectivity index (χ0n) is 14.7. The SMILES string of the molecule is COc1ccc(C(NC(=O)NC(C)c2ccccc2)C(C)C)cc1. The van der Waals surface area contributed by atoms with Gasteiger partial charge in [-0.3, -0.25) is 0 Å². The number of rotatable bonds is 6. The minimum absolute atomic E-state index is 0.0464. The maximum atomic E-state index is 12.4. The highest BCUT2D eigenvalue weighted by Crippen LogP contribution is 2.24. The van der Waals surface area contributed by atoms with Crippen molar-refractivity contribution < 1.29 is 9.53 Å². The Morgan fingerprint density at radius 3 is 2.04 bits per heavy atom. The van der Waals surface area contributed by atoms with E-state index in [1.54, 1.807) is 7.11 Å². The lowest BCUT2D eigenvalue weighted by molar-refractivity contribution is 0.230. The van der Waals surface area contributed by atoms with Gasteiger partial charge in [-0.05, 0) is 36.1 Å². The Bertz CT molecular complexity index is 638. The molecule has 4 nitrogen and oxygen atoms in total. The number of methoxy groups -OCH3 is 1. The number of urea groups is 1. The molecule has 24 heavy (non-hydrogen) atoms. The summed E-state index contributed by atoms with van der Waals surface area (Å²) in [5, 5.41) is 6.08. The zero-order chi connectivity index (χ0) is 17.5. The Hall–Kier alpha value is -2.49. The molecule has 2 atom stereocenters. The predicted molar refractivity (Wildman–Crippen MR) is 97.1 cm³/mol. The second-order valence-corrected chi connectivity index (χ2v) is 6.25. The Labute approximate surface area is 144 Å². The van der Waals surface area contributed by atoms with Crippen LogP contribution in [-0.4, -0.2) is 13.1 Å². The van der Waals surface area contributed by atoms with Gasteiger partial charge in [0.15, 0.2) is 0 Å². The highest BCUT2D eigenvalue weighted by atomic mass is 16.5. The summed E-state index contributed by atoms with van der Waals surface area (Å²) < 4.78 is 5.19. The number of benzene rings is 2. The summed E-state index contributed by atoms with van der Waals surface area (Å²) in [7, 11) is 1.64. The summed E-state index contributed by atoms with van der Waals surface area (Å²) in [6.45, 7) is 6.16. The molecule has 2 N–H and O–H groups in total. The molecule has 0 saturated heterocycles. The van der Waals surface area contributed by atoms with Gasteiger partial charge in [0.25, 0.3) is 0 Å². The van der Waals surface area contributed by atoms with Crippen molar-refractivity contribution in [1.29, 1.82) is 0 Å². The molecule has 0 aromatic heterocycles. The molecule has 0 bridgehead atoms. The first kappa shape index (κ1) is 17.9. The highest BCUT2D eigenvalue weighted by molar-refractivity contribution is 5.75. The summed E-state index contributed by atoms with van der Waals surface area (Å²) in [6, 6.07) is 17.5. The molecule has 2 amide bonds. The van der Waals surface area contributed by atoms with Crippen molar-refractivity contribution >= 4 is 6.03 Å². The second-order valence-electron chi connectivity index (χ2n) is 6.25. The molecule has 2 rings (SSSR count). The smallest absolute Gasteiger partial charge is 0.315 e. The van der Waals surface area contributed by atoms with E-state index in [9.17, 15) is 4.79 Å².